The Bertz CT molecular complexity index is 1090. The van der Waals surface area contributed by atoms with Crippen molar-refractivity contribution in [3.63, 3.8) is 0 Å². The van der Waals surface area contributed by atoms with Crippen LogP contribution in [0.5, 0.6) is 0 Å². The number of thiophene rings is 1. The van der Waals surface area contributed by atoms with Crippen LogP contribution in [0.15, 0.2) is 30.3 Å². The second-order valence-electron chi connectivity index (χ2n) is 6.16. The van der Waals surface area contributed by atoms with E-state index in [4.69, 9.17) is 11.6 Å². The van der Waals surface area contributed by atoms with E-state index < -0.39 is 9.84 Å². The first-order chi connectivity index (χ1) is 12.8. The van der Waals surface area contributed by atoms with Crippen LogP contribution >= 0.6 is 22.9 Å². The standard InChI is InChI=1S/C18H20ClN3O3S2/c1-3-27(24,25)9-8-20-17(23)16-10-14-12(2)21-22(18(14)26-16)11-13-6-4-5-7-15(13)19/h4-7,10H,3,8-9,11H2,1-2H3,(H,20,23). The number of sulfone groups is 1. The van der Waals surface area contributed by atoms with E-state index in [0.717, 1.165) is 21.5 Å². The summed E-state index contributed by atoms with van der Waals surface area (Å²) in [5.74, 6) is -0.256. The molecule has 2 aromatic heterocycles. The topological polar surface area (TPSA) is 81.1 Å². The lowest BCUT2D eigenvalue weighted by Crippen LogP contribution is -2.29. The molecule has 0 aliphatic carbocycles. The number of aromatic nitrogens is 2. The average Bonchev–Trinajstić information content (AvgIpc) is 3.18. The Morgan fingerprint density at radius 1 is 1.33 bits per heavy atom. The highest BCUT2D eigenvalue weighted by atomic mass is 35.5. The maximum Gasteiger partial charge on any atom is 0.261 e. The predicted molar refractivity (Wildman–Crippen MR) is 110 cm³/mol. The Morgan fingerprint density at radius 3 is 2.78 bits per heavy atom. The van der Waals surface area contributed by atoms with Crippen LogP contribution in [0.4, 0.5) is 0 Å². The van der Waals surface area contributed by atoms with Gasteiger partial charge in [-0.1, -0.05) is 36.7 Å². The second-order valence-corrected chi connectivity index (χ2v) is 10.1. The van der Waals surface area contributed by atoms with Gasteiger partial charge in [-0.15, -0.1) is 11.3 Å². The molecule has 1 N–H and O–H groups in total. The van der Waals surface area contributed by atoms with E-state index in [1.807, 2.05) is 35.9 Å². The van der Waals surface area contributed by atoms with Crippen molar-refractivity contribution in [2.24, 2.45) is 0 Å². The van der Waals surface area contributed by atoms with Gasteiger partial charge in [0.1, 0.15) is 4.83 Å². The first kappa shape index (κ1) is 19.9. The van der Waals surface area contributed by atoms with Crippen molar-refractivity contribution < 1.29 is 13.2 Å². The zero-order chi connectivity index (χ0) is 19.6. The third-order valence-electron chi connectivity index (χ3n) is 4.25. The molecule has 0 aliphatic heterocycles. The summed E-state index contributed by atoms with van der Waals surface area (Å²) in [4.78, 5) is 13.8. The molecule has 27 heavy (non-hydrogen) atoms. The van der Waals surface area contributed by atoms with Crippen molar-refractivity contribution in [3.8, 4) is 0 Å². The number of nitrogens with zero attached hydrogens (tertiary/aromatic N) is 2. The Morgan fingerprint density at radius 2 is 2.07 bits per heavy atom. The number of rotatable bonds is 7. The molecule has 0 bridgehead atoms. The maximum atomic E-state index is 12.4. The largest absolute Gasteiger partial charge is 0.350 e. The monoisotopic (exact) mass is 425 g/mol. The number of carbonyl (C=O) groups excluding carboxylic acids is 1. The van der Waals surface area contributed by atoms with Gasteiger partial charge in [0, 0.05) is 22.7 Å². The molecule has 0 atom stereocenters. The molecule has 0 unspecified atom stereocenters. The molecular formula is C18H20ClN3O3S2. The maximum absolute atomic E-state index is 12.4. The van der Waals surface area contributed by atoms with E-state index in [1.165, 1.54) is 11.3 Å². The van der Waals surface area contributed by atoms with Gasteiger partial charge < -0.3 is 5.32 Å². The Kier molecular flexibility index (Phi) is 5.88. The number of amides is 1. The van der Waals surface area contributed by atoms with Crippen molar-refractivity contribution in [1.82, 2.24) is 15.1 Å². The minimum atomic E-state index is -3.10. The smallest absolute Gasteiger partial charge is 0.261 e. The lowest BCUT2D eigenvalue weighted by Gasteiger charge is -2.05. The molecule has 0 saturated heterocycles. The minimum Gasteiger partial charge on any atom is -0.350 e. The van der Waals surface area contributed by atoms with Crippen molar-refractivity contribution >= 4 is 48.9 Å². The van der Waals surface area contributed by atoms with Crippen LogP contribution in [0.1, 0.15) is 27.9 Å². The number of nitrogens with one attached hydrogen (secondary N) is 1. The molecule has 1 aromatic carbocycles. The quantitative estimate of drug-likeness (QED) is 0.629. The first-order valence-corrected chi connectivity index (χ1v) is 11.5. The molecule has 9 heteroatoms. The van der Waals surface area contributed by atoms with Gasteiger partial charge >= 0.3 is 0 Å². The summed E-state index contributed by atoms with van der Waals surface area (Å²) < 4.78 is 24.9. The number of benzene rings is 1. The van der Waals surface area contributed by atoms with Crippen LogP contribution in [0.2, 0.25) is 5.02 Å². The fourth-order valence-corrected chi connectivity index (χ4v) is 4.65. The predicted octanol–water partition coefficient (Wildman–Crippen LogP) is 3.27. The van der Waals surface area contributed by atoms with Crippen molar-refractivity contribution in [1.29, 1.82) is 0 Å². The summed E-state index contributed by atoms with van der Waals surface area (Å²) in [6.07, 6.45) is 0. The van der Waals surface area contributed by atoms with Gasteiger partial charge in [0.2, 0.25) is 0 Å². The number of halogens is 1. The Labute approximate surface area is 167 Å². The molecule has 0 radical (unpaired) electrons. The van der Waals surface area contributed by atoms with E-state index in [2.05, 4.69) is 10.4 Å². The average molecular weight is 426 g/mol. The van der Waals surface area contributed by atoms with Gasteiger partial charge in [0.15, 0.2) is 9.84 Å². The van der Waals surface area contributed by atoms with Crippen LogP contribution in [0, 0.1) is 6.92 Å². The van der Waals surface area contributed by atoms with E-state index in [1.54, 1.807) is 13.0 Å². The van der Waals surface area contributed by atoms with Crippen molar-refractivity contribution in [3.05, 3.63) is 51.5 Å². The number of fused-ring (bicyclic) bond motifs is 1. The van der Waals surface area contributed by atoms with Gasteiger partial charge in [0.05, 0.1) is 22.9 Å². The summed E-state index contributed by atoms with van der Waals surface area (Å²) in [6.45, 7) is 4.11. The molecular weight excluding hydrogens is 406 g/mol. The van der Waals surface area contributed by atoms with E-state index in [-0.39, 0.29) is 24.0 Å². The third kappa shape index (κ3) is 4.51. The summed E-state index contributed by atoms with van der Waals surface area (Å²) >= 11 is 7.58. The summed E-state index contributed by atoms with van der Waals surface area (Å²) in [7, 11) is -3.10. The molecule has 3 rings (SSSR count). The second kappa shape index (κ2) is 8.00. The van der Waals surface area contributed by atoms with E-state index in [0.29, 0.717) is 16.4 Å². The van der Waals surface area contributed by atoms with Crippen LogP contribution in [-0.4, -0.2) is 42.2 Å². The van der Waals surface area contributed by atoms with Crippen LogP contribution in [-0.2, 0) is 16.4 Å². The molecule has 0 saturated carbocycles. The fourth-order valence-electron chi connectivity index (χ4n) is 2.67. The lowest BCUT2D eigenvalue weighted by atomic mass is 10.2. The molecule has 0 spiro atoms. The molecule has 3 aromatic rings. The van der Waals surface area contributed by atoms with E-state index in [9.17, 15) is 13.2 Å². The Hall–Kier alpha value is -1.90. The molecule has 0 fully saturated rings. The highest BCUT2D eigenvalue weighted by Gasteiger charge is 2.17. The lowest BCUT2D eigenvalue weighted by molar-refractivity contribution is 0.0960. The van der Waals surface area contributed by atoms with Crippen LogP contribution in [0.3, 0.4) is 0 Å². The molecule has 6 nitrogen and oxygen atoms in total. The normalized spacial score (nSPS) is 11.8. The van der Waals surface area contributed by atoms with Gasteiger partial charge in [-0.25, -0.2) is 8.42 Å². The third-order valence-corrected chi connectivity index (χ3v) is 7.47. The van der Waals surface area contributed by atoms with Gasteiger partial charge in [-0.05, 0) is 24.6 Å². The SMILES string of the molecule is CCS(=O)(=O)CCNC(=O)c1cc2c(C)nn(Cc3ccccc3Cl)c2s1. The summed E-state index contributed by atoms with van der Waals surface area (Å²) in [6, 6.07) is 9.38. The summed E-state index contributed by atoms with van der Waals surface area (Å²) in [5.41, 5.74) is 1.79. The number of aryl methyl sites for hydroxylation is 1. The zero-order valence-corrected chi connectivity index (χ0v) is 17.4. The Balaban J connectivity index is 1.79. The minimum absolute atomic E-state index is 0.0561. The van der Waals surface area contributed by atoms with Crippen LogP contribution in [0.25, 0.3) is 10.2 Å². The van der Waals surface area contributed by atoms with Gasteiger partial charge in [0.25, 0.3) is 5.91 Å². The fraction of sp³-hybridized carbons (Fsp3) is 0.333. The van der Waals surface area contributed by atoms with Gasteiger partial charge in [-0.3, -0.25) is 9.48 Å². The highest BCUT2D eigenvalue weighted by Crippen LogP contribution is 2.29. The highest BCUT2D eigenvalue weighted by molar-refractivity contribution is 7.91. The molecule has 144 valence electrons. The van der Waals surface area contributed by atoms with Crippen molar-refractivity contribution in [2.75, 3.05) is 18.1 Å². The summed E-state index contributed by atoms with van der Waals surface area (Å²) in [5, 5.41) is 8.82. The van der Waals surface area contributed by atoms with Crippen molar-refractivity contribution in [2.45, 2.75) is 20.4 Å². The number of hydrogen-bond donors (Lipinski definition) is 1. The molecule has 1 amide bonds. The first-order valence-electron chi connectivity index (χ1n) is 8.49. The molecule has 0 aliphatic rings. The number of hydrogen-bond acceptors (Lipinski definition) is 5. The van der Waals surface area contributed by atoms with Gasteiger partial charge in [-0.2, -0.15) is 5.10 Å². The van der Waals surface area contributed by atoms with Crippen LogP contribution < -0.4 is 5.32 Å². The molecule has 2 heterocycles. The number of carbonyl (C=O) groups is 1. The van der Waals surface area contributed by atoms with E-state index >= 15 is 0 Å². The zero-order valence-electron chi connectivity index (χ0n) is 15.0.